The van der Waals surface area contributed by atoms with Gasteiger partial charge in [0.2, 0.25) is 5.44 Å². The van der Waals surface area contributed by atoms with E-state index < -0.39 is 28.9 Å². The van der Waals surface area contributed by atoms with Crippen molar-refractivity contribution < 1.29 is 14.3 Å². The summed E-state index contributed by atoms with van der Waals surface area (Å²) >= 11 is 4.26. The Balaban J connectivity index is 2.25. The van der Waals surface area contributed by atoms with Crippen molar-refractivity contribution in [2.45, 2.75) is 11.7 Å². The lowest BCUT2D eigenvalue weighted by Gasteiger charge is -2.13. The Morgan fingerprint density at radius 2 is 2.39 bits per heavy atom. The maximum Gasteiger partial charge on any atom is 0.345 e. The van der Waals surface area contributed by atoms with Crippen molar-refractivity contribution in [3.63, 3.8) is 0 Å². The van der Waals surface area contributed by atoms with E-state index in [-0.39, 0.29) is 4.47 Å². The number of hydrogen-bond donors (Lipinski definition) is 1. The van der Waals surface area contributed by atoms with E-state index in [2.05, 4.69) is 25.7 Å². The molecule has 2 unspecified atom stereocenters. The van der Waals surface area contributed by atoms with Crippen LogP contribution in [0.15, 0.2) is 20.3 Å². The fourth-order valence-corrected chi connectivity index (χ4v) is 2.77. The smallest absolute Gasteiger partial charge is 0.345 e. The molecule has 0 aliphatic carbocycles. The van der Waals surface area contributed by atoms with E-state index in [0.717, 1.165) is 0 Å². The van der Waals surface area contributed by atoms with Crippen LogP contribution in [0.2, 0.25) is 0 Å². The molecule has 1 fully saturated rings. The summed E-state index contributed by atoms with van der Waals surface area (Å²) < 4.78 is 11.4. The number of hydrogen-bond acceptors (Lipinski definition) is 6. The molecule has 18 heavy (non-hydrogen) atoms. The zero-order valence-corrected chi connectivity index (χ0v) is 11.6. The van der Waals surface area contributed by atoms with Gasteiger partial charge in [-0.3, -0.25) is 14.3 Å². The van der Waals surface area contributed by atoms with Crippen LogP contribution in [0, 0.1) is 0 Å². The highest BCUT2D eigenvalue weighted by Crippen LogP contribution is 2.31. The maximum atomic E-state index is 11.6. The van der Waals surface area contributed by atoms with Gasteiger partial charge in [-0.1, -0.05) is 0 Å². The summed E-state index contributed by atoms with van der Waals surface area (Å²) in [5.74, 6) is -0.0861. The van der Waals surface area contributed by atoms with Crippen LogP contribution in [0.1, 0.15) is 6.23 Å². The minimum absolute atomic E-state index is 0.220. The minimum Gasteiger partial charge on any atom is -0.466 e. The molecule has 0 radical (unpaired) electrons. The first-order valence-electron chi connectivity index (χ1n) is 4.89. The van der Waals surface area contributed by atoms with Gasteiger partial charge in [0.1, 0.15) is 6.23 Å². The third-order valence-electron chi connectivity index (χ3n) is 2.30. The second-order valence-corrected chi connectivity index (χ2v) is 5.37. The zero-order valence-electron chi connectivity index (χ0n) is 9.21. The first-order valence-corrected chi connectivity index (χ1v) is 6.73. The average molecular weight is 337 g/mol. The number of carbonyl (C=O) groups is 1. The third kappa shape index (κ3) is 2.52. The number of esters is 1. The number of nitrogens with zero attached hydrogens (tertiary/aromatic N) is 1. The largest absolute Gasteiger partial charge is 0.466 e. The normalized spacial score (nSPS) is 23.0. The second kappa shape index (κ2) is 5.29. The van der Waals surface area contributed by atoms with E-state index in [9.17, 15) is 14.4 Å². The standard InChI is InChI=1S/C9H9BrN2O5S/c1-16-7(14)8-17-5(3-18-8)12-2-4(10)6(13)11-9(12)15/h2,5,8H,3H2,1H3,(H,11,13,15). The van der Waals surface area contributed by atoms with Gasteiger partial charge in [0.15, 0.2) is 0 Å². The molecular weight excluding hydrogens is 328 g/mol. The monoisotopic (exact) mass is 336 g/mol. The summed E-state index contributed by atoms with van der Waals surface area (Å²) in [5, 5.41) is 0. The average Bonchev–Trinajstić information content (AvgIpc) is 2.82. The van der Waals surface area contributed by atoms with Crippen LogP contribution in [-0.2, 0) is 14.3 Å². The van der Waals surface area contributed by atoms with Gasteiger partial charge in [-0.05, 0) is 15.9 Å². The number of halogens is 1. The number of rotatable bonds is 2. The number of carbonyl (C=O) groups excluding carboxylic acids is 1. The topological polar surface area (TPSA) is 90.4 Å². The quantitative estimate of drug-likeness (QED) is 0.768. The summed E-state index contributed by atoms with van der Waals surface area (Å²) in [7, 11) is 1.27. The predicted octanol–water partition coefficient (Wildman–Crippen LogP) is 0.0602. The van der Waals surface area contributed by atoms with Gasteiger partial charge in [0, 0.05) is 11.9 Å². The third-order valence-corrected chi connectivity index (χ3v) is 3.95. The lowest BCUT2D eigenvalue weighted by Crippen LogP contribution is -2.33. The summed E-state index contributed by atoms with van der Waals surface area (Å²) in [6.45, 7) is 0. The van der Waals surface area contributed by atoms with Crippen molar-refractivity contribution in [2.24, 2.45) is 0 Å². The highest BCUT2D eigenvalue weighted by Gasteiger charge is 2.33. The Bertz CT molecular complexity index is 583. The zero-order chi connectivity index (χ0) is 13.3. The number of H-pyrrole nitrogens is 1. The van der Waals surface area contributed by atoms with Gasteiger partial charge in [0.05, 0.1) is 11.6 Å². The molecule has 1 aromatic heterocycles. The van der Waals surface area contributed by atoms with E-state index in [4.69, 9.17) is 4.74 Å². The van der Waals surface area contributed by atoms with Gasteiger partial charge >= 0.3 is 11.7 Å². The Morgan fingerprint density at radius 3 is 3.06 bits per heavy atom. The van der Waals surface area contributed by atoms with E-state index >= 15 is 0 Å². The SMILES string of the molecule is COC(=O)C1OC(n2cc(Br)c(=O)[nH]c2=O)CS1. The van der Waals surface area contributed by atoms with Crippen LogP contribution in [0.5, 0.6) is 0 Å². The maximum absolute atomic E-state index is 11.6. The van der Waals surface area contributed by atoms with Crippen molar-refractivity contribution in [1.82, 2.24) is 9.55 Å². The molecule has 7 nitrogen and oxygen atoms in total. The molecule has 98 valence electrons. The molecule has 1 N–H and O–H groups in total. The van der Waals surface area contributed by atoms with Crippen molar-refractivity contribution in [3.05, 3.63) is 31.5 Å². The molecular formula is C9H9BrN2O5S. The van der Waals surface area contributed by atoms with Gasteiger partial charge in [-0.15, -0.1) is 11.8 Å². The number of aromatic amines is 1. The molecule has 0 bridgehead atoms. The molecule has 1 saturated heterocycles. The van der Waals surface area contributed by atoms with E-state index in [1.165, 1.54) is 29.6 Å². The highest BCUT2D eigenvalue weighted by atomic mass is 79.9. The van der Waals surface area contributed by atoms with Crippen molar-refractivity contribution in [1.29, 1.82) is 0 Å². The Hall–Kier alpha value is -1.06. The summed E-state index contributed by atoms with van der Waals surface area (Å²) in [5.41, 5.74) is -1.84. The number of methoxy groups -OCH3 is 1. The fourth-order valence-electron chi connectivity index (χ4n) is 1.43. The van der Waals surface area contributed by atoms with Gasteiger partial charge < -0.3 is 9.47 Å². The Labute approximate surface area is 114 Å². The number of aromatic nitrogens is 2. The van der Waals surface area contributed by atoms with E-state index in [1.807, 2.05) is 0 Å². The fraction of sp³-hybridized carbons (Fsp3) is 0.444. The Morgan fingerprint density at radius 1 is 1.67 bits per heavy atom. The first kappa shape index (κ1) is 13.4. The molecule has 1 aromatic rings. The molecule has 2 heterocycles. The molecule has 0 spiro atoms. The van der Waals surface area contributed by atoms with E-state index in [1.54, 1.807) is 0 Å². The van der Waals surface area contributed by atoms with E-state index in [0.29, 0.717) is 5.75 Å². The van der Waals surface area contributed by atoms with Crippen LogP contribution in [0.4, 0.5) is 0 Å². The molecule has 0 aromatic carbocycles. The minimum atomic E-state index is -0.752. The van der Waals surface area contributed by atoms with Crippen molar-refractivity contribution >= 4 is 33.7 Å². The van der Waals surface area contributed by atoms with Gasteiger partial charge in [-0.25, -0.2) is 9.59 Å². The molecule has 1 aliphatic rings. The molecule has 0 saturated carbocycles. The van der Waals surface area contributed by atoms with Crippen LogP contribution < -0.4 is 11.2 Å². The van der Waals surface area contributed by atoms with Crippen molar-refractivity contribution in [3.8, 4) is 0 Å². The molecule has 9 heteroatoms. The summed E-state index contributed by atoms with van der Waals surface area (Å²) in [6, 6.07) is 0. The number of ether oxygens (including phenoxy) is 2. The molecule has 2 rings (SSSR count). The van der Waals surface area contributed by atoms with Gasteiger partial charge in [0.25, 0.3) is 5.56 Å². The molecule has 2 atom stereocenters. The number of nitrogens with one attached hydrogen (secondary N) is 1. The molecule has 1 aliphatic heterocycles. The van der Waals surface area contributed by atoms with Crippen molar-refractivity contribution in [2.75, 3.05) is 12.9 Å². The predicted molar refractivity (Wildman–Crippen MR) is 67.4 cm³/mol. The van der Waals surface area contributed by atoms with Crippen LogP contribution in [0.3, 0.4) is 0 Å². The lowest BCUT2D eigenvalue weighted by molar-refractivity contribution is -0.151. The number of thioether (sulfide) groups is 1. The first-order chi connectivity index (χ1) is 8.52. The highest BCUT2D eigenvalue weighted by molar-refractivity contribution is 9.10. The summed E-state index contributed by atoms with van der Waals surface area (Å²) in [6.07, 6.45) is 0.728. The second-order valence-electron chi connectivity index (χ2n) is 3.42. The lowest BCUT2D eigenvalue weighted by atomic mass is 10.5. The van der Waals surface area contributed by atoms with Crippen LogP contribution >= 0.6 is 27.7 Å². The van der Waals surface area contributed by atoms with Crippen LogP contribution in [-0.4, -0.2) is 33.8 Å². The van der Waals surface area contributed by atoms with Gasteiger partial charge in [-0.2, -0.15) is 0 Å². The molecule has 0 amide bonds. The summed E-state index contributed by atoms with van der Waals surface area (Å²) in [4.78, 5) is 36.2. The Kier molecular flexibility index (Phi) is 3.93. The van der Waals surface area contributed by atoms with Crippen LogP contribution in [0.25, 0.3) is 0 Å².